The number of rotatable bonds is 15. The molecule has 2 aromatic rings. The van der Waals surface area contributed by atoms with Gasteiger partial charge in [-0.05, 0) is 36.8 Å². The number of benzene rings is 2. The van der Waals surface area contributed by atoms with Crippen molar-refractivity contribution in [1.29, 1.82) is 0 Å². The molecule has 2 amide bonds. The summed E-state index contributed by atoms with van der Waals surface area (Å²) in [6.45, 7) is 2.24. The summed E-state index contributed by atoms with van der Waals surface area (Å²) in [5.74, 6) is 0.148. The highest BCUT2D eigenvalue weighted by Crippen LogP contribution is 2.32. The van der Waals surface area contributed by atoms with Gasteiger partial charge < -0.3 is 10.6 Å². The van der Waals surface area contributed by atoms with Crippen LogP contribution < -0.4 is 15.6 Å². The molecule has 1 atom stereocenters. The van der Waals surface area contributed by atoms with Crippen LogP contribution in [0.4, 0.5) is 17.1 Å². The van der Waals surface area contributed by atoms with Crippen LogP contribution in [0.1, 0.15) is 90.4 Å². The summed E-state index contributed by atoms with van der Waals surface area (Å²) in [5.41, 5.74) is 1.50. The number of hydrogen-bond acceptors (Lipinski definition) is 4. The molecule has 212 valence electrons. The average molecular weight is 615 g/mol. The Morgan fingerprint density at radius 2 is 1.44 bits per heavy atom. The third-order valence-electron chi connectivity index (χ3n) is 6.62. The fourth-order valence-corrected chi connectivity index (χ4v) is 5.70. The van der Waals surface area contributed by atoms with Gasteiger partial charge in [0.05, 0.1) is 10.7 Å². The second kappa shape index (κ2) is 16.4. The number of halogens is 4. The molecule has 3 rings (SSSR count). The second-order valence-corrected chi connectivity index (χ2v) is 11.6. The number of amidine groups is 1. The van der Waals surface area contributed by atoms with Gasteiger partial charge in [-0.25, -0.2) is 4.79 Å². The van der Waals surface area contributed by atoms with E-state index in [0.29, 0.717) is 39.4 Å². The molecule has 0 fully saturated rings. The molecule has 1 unspecified atom stereocenters. The van der Waals surface area contributed by atoms with Gasteiger partial charge in [-0.3, -0.25) is 4.79 Å². The first-order valence-electron chi connectivity index (χ1n) is 13.8. The van der Waals surface area contributed by atoms with E-state index >= 15 is 0 Å². The lowest BCUT2D eigenvalue weighted by atomic mass is 10.1. The first kappa shape index (κ1) is 31.7. The largest absolute Gasteiger partial charge is 0.351 e. The monoisotopic (exact) mass is 613 g/mol. The SMILES string of the molecule is CCCCCCCCCCCCCC(=O)Nc1ccc(Cl)c(NC2=N[NH+](c3c(Cl)cc(Cl)cc3Cl)C(=O)C2)c1. The van der Waals surface area contributed by atoms with Crippen LogP contribution >= 0.6 is 46.4 Å². The molecule has 0 aliphatic carbocycles. The van der Waals surface area contributed by atoms with Crippen LogP contribution in [-0.4, -0.2) is 17.6 Å². The molecule has 39 heavy (non-hydrogen) atoms. The van der Waals surface area contributed by atoms with Gasteiger partial charge >= 0.3 is 5.91 Å². The van der Waals surface area contributed by atoms with Crippen molar-refractivity contribution in [2.75, 3.05) is 10.6 Å². The zero-order valence-electron chi connectivity index (χ0n) is 22.4. The second-order valence-electron chi connectivity index (χ2n) is 9.90. The molecule has 1 aliphatic heterocycles. The third kappa shape index (κ3) is 10.3. The van der Waals surface area contributed by atoms with Crippen molar-refractivity contribution in [2.45, 2.75) is 90.4 Å². The van der Waals surface area contributed by atoms with Crippen molar-refractivity contribution >= 4 is 81.1 Å². The van der Waals surface area contributed by atoms with E-state index in [1.807, 2.05) is 0 Å². The normalized spacial score (nSPS) is 14.9. The quantitative estimate of drug-likeness (QED) is 0.175. The highest BCUT2D eigenvalue weighted by molar-refractivity contribution is 6.41. The molecule has 0 radical (unpaired) electrons. The minimum absolute atomic E-state index is 0.0322. The fraction of sp³-hybridized carbons (Fsp3) is 0.483. The van der Waals surface area contributed by atoms with Gasteiger partial charge in [0.2, 0.25) is 11.6 Å². The van der Waals surface area contributed by atoms with Crippen molar-refractivity contribution in [2.24, 2.45) is 5.10 Å². The molecule has 6 nitrogen and oxygen atoms in total. The lowest BCUT2D eigenvalue weighted by Gasteiger charge is -2.10. The van der Waals surface area contributed by atoms with Gasteiger partial charge in [-0.2, -0.15) is 0 Å². The number of carbonyl (C=O) groups is 2. The highest BCUT2D eigenvalue weighted by atomic mass is 35.5. The Hall–Kier alpha value is -1.83. The van der Waals surface area contributed by atoms with E-state index in [4.69, 9.17) is 46.4 Å². The summed E-state index contributed by atoms with van der Waals surface area (Å²) in [6.07, 6.45) is 14.2. The predicted molar refractivity (Wildman–Crippen MR) is 164 cm³/mol. The number of quaternary nitrogens is 1. The fourth-order valence-electron chi connectivity index (χ4n) is 4.54. The molecular weight excluding hydrogens is 578 g/mol. The summed E-state index contributed by atoms with van der Waals surface area (Å²) in [7, 11) is 0. The van der Waals surface area contributed by atoms with Gasteiger partial charge in [0.1, 0.15) is 16.5 Å². The molecule has 0 spiro atoms. The first-order chi connectivity index (χ1) is 18.8. The van der Waals surface area contributed by atoms with Gasteiger partial charge in [0.25, 0.3) is 0 Å². The summed E-state index contributed by atoms with van der Waals surface area (Å²) in [4.78, 5) is 25.2. The molecule has 1 aliphatic rings. The Bertz CT molecular complexity index is 1150. The smallest absolute Gasteiger partial charge is 0.338 e. The number of nitrogens with zero attached hydrogens (tertiary/aromatic N) is 1. The molecule has 3 N–H and O–H groups in total. The molecule has 1 heterocycles. The molecule has 2 aromatic carbocycles. The van der Waals surface area contributed by atoms with E-state index in [1.165, 1.54) is 69.9 Å². The Balaban J connectivity index is 1.45. The van der Waals surface area contributed by atoms with Gasteiger partial charge in [-0.1, -0.05) is 123 Å². The topological polar surface area (TPSA) is 75.0 Å². The maximum atomic E-state index is 12.7. The summed E-state index contributed by atoms with van der Waals surface area (Å²) < 4.78 is 0. The Morgan fingerprint density at radius 3 is 2.05 bits per heavy atom. The molecule has 0 saturated heterocycles. The van der Waals surface area contributed by atoms with Gasteiger partial charge in [-0.15, -0.1) is 5.01 Å². The van der Waals surface area contributed by atoms with Crippen LogP contribution in [0.15, 0.2) is 35.4 Å². The zero-order valence-corrected chi connectivity index (χ0v) is 25.4. The Labute approximate surface area is 251 Å². The highest BCUT2D eigenvalue weighted by Gasteiger charge is 2.36. The van der Waals surface area contributed by atoms with E-state index in [-0.39, 0.29) is 33.3 Å². The number of anilines is 2. The minimum Gasteiger partial charge on any atom is -0.338 e. The van der Waals surface area contributed by atoms with Crippen LogP contribution in [-0.2, 0) is 9.59 Å². The zero-order chi connectivity index (χ0) is 28.2. The third-order valence-corrected chi connectivity index (χ3v) is 7.76. The lowest BCUT2D eigenvalue weighted by Crippen LogP contribution is -3.04. The van der Waals surface area contributed by atoms with E-state index in [2.05, 4.69) is 22.7 Å². The average Bonchev–Trinajstić information content (AvgIpc) is 3.23. The van der Waals surface area contributed by atoms with Crippen molar-refractivity contribution in [3.63, 3.8) is 0 Å². The van der Waals surface area contributed by atoms with Gasteiger partial charge in [0, 0.05) is 17.1 Å². The van der Waals surface area contributed by atoms with Crippen molar-refractivity contribution < 1.29 is 14.6 Å². The van der Waals surface area contributed by atoms with E-state index < -0.39 is 0 Å². The molecular formula is C29H37Cl4N4O2+. The van der Waals surface area contributed by atoms with Crippen molar-refractivity contribution in [1.82, 2.24) is 0 Å². The summed E-state index contributed by atoms with van der Waals surface area (Å²) in [5, 5.41) is 11.9. The summed E-state index contributed by atoms with van der Waals surface area (Å²) >= 11 is 24.9. The number of carbonyl (C=O) groups excluding carboxylic acids is 2. The first-order valence-corrected chi connectivity index (χ1v) is 15.3. The maximum absolute atomic E-state index is 12.7. The van der Waals surface area contributed by atoms with Gasteiger partial charge in [0.15, 0.2) is 5.84 Å². The van der Waals surface area contributed by atoms with Crippen LogP contribution in [0.5, 0.6) is 0 Å². The van der Waals surface area contributed by atoms with E-state index in [0.717, 1.165) is 12.8 Å². The van der Waals surface area contributed by atoms with Crippen LogP contribution in [0.2, 0.25) is 20.1 Å². The molecule has 0 aromatic heterocycles. The molecule has 10 heteroatoms. The molecule has 0 saturated carbocycles. The predicted octanol–water partition coefficient (Wildman–Crippen LogP) is 8.81. The molecule has 0 bridgehead atoms. The van der Waals surface area contributed by atoms with Crippen molar-refractivity contribution in [3.05, 3.63) is 50.4 Å². The van der Waals surface area contributed by atoms with Crippen LogP contribution in [0.25, 0.3) is 0 Å². The number of unbranched alkanes of at least 4 members (excludes halogenated alkanes) is 10. The lowest BCUT2D eigenvalue weighted by molar-refractivity contribution is -0.751. The van der Waals surface area contributed by atoms with Crippen LogP contribution in [0.3, 0.4) is 0 Å². The van der Waals surface area contributed by atoms with Crippen molar-refractivity contribution in [3.8, 4) is 0 Å². The summed E-state index contributed by atoms with van der Waals surface area (Å²) in [6, 6.07) is 8.21. The number of amides is 2. The number of hydrogen-bond donors (Lipinski definition) is 3. The Morgan fingerprint density at radius 1 is 0.846 bits per heavy atom. The van der Waals surface area contributed by atoms with E-state index in [9.17, 15) is 9.59 Å². The Kier molecular flexibility index (Phi) is 13.4. The van der Waals surface area contributed by atoms with E-state index in [1.54, 1.807) is 18.2 Å². The maximum Gasteiger partial charge on any atom is 0.351 e. The standard InChI is InChI=1S/C29H36Cl4N4O2/c1-2-3-4-5-6-7-8-9-10-11-12-13-27(38)34-21-14-15-22(31)25(18-21)35-26-19-28(39)37(36-26)29-23(32)16-20(30)17-24(29)33/h14-18H,2-13,19H2,1H3,(H,34,38)(H,35,36)/p+1. The minimum atomic E-state index is -0.226. The number of nitrogens with one attached hydrogen (secondary N) is 3. The van der Waals surface area contributed by atoms with Crippen LogP contribution in [0, 0.1) is 0 Å².